The molecule has 0 bridgehead atoms. The molecular formula is C10H18. The van der Waals surface area contributed by atoms with Crippen LogP contribution in [0, 0.1) is 23.2 Å². The van der Waals surface area contributed by atoms with Gasteiger partial charge in [-0.15, -0.1) is 0 Å². The van der Waals surface area contributed by atoms with Crippen molar-refractivity contribution in [3.8, 4) is 0 Å². The molecule has 58 valence electrons. The van der Waals surface area contributed by atoms with Gasteiger partial charge < -0.3 is 0 Å². The quantitative estimate of drug-likeness (QED) is 0.550. The Bertz CT molecular complexity index is 150. The SMILES string of the molecule is CCC1CC1(C)C1CC1C. The summed E-state index contributed by atoms with van der Waals surface area (Å²) in [5, 5.41) is 0. The summed E-state index contributed by atoms with van der Waals surface area (Å²) in [4.78, 5) is 0. The lowest BCUT2D eigenvalue weighted by Gasteiger charge is -2.07. The molecule has 0 aromatic carbocycles. The van der Waals surface area contributed by atoms with Gasteiger partial charge in [-0.3, -0.25) is 0 Å². The van der Waals surface area contributed by atoms with E-state index in [-0.39, 0.29) is 0 Å². The molecule has 2 aliphatic carbocycles. The summed E-state index contributed by atoms with van der Waals surface area (Å²) >= 11 is 0. The first-order valence-electron chi connectivity index (χ1n) is 4.68. The van der Waals surface area contributed by atoms with Crippen LogP contribution in [0.5, 0.6) is 0 Å². The minimum absolute atomic E-state index is 0.800. The summed E-state index contributed by atoms with van der Waals surface area (Å²) in [5.74, 6) is 3.25. The van der Waals surface area contributed by atoms with Crippen molar-refractivity contribution in [3.05, 3.63) is 0 Å². The third-order valence-electron chi connectivity index (χ3n) is 3.91. The molecule has 2 rings (SSSR count). The highest BCUT2D eigenvalue weighted by Gasteiger charge is 2.60. The lowest BCUT2D eigenvalue weighted by atomic mass is 9.97. The smallest absolute Gasteiger partial charge is 0.0264 e. The Kier molecular flexibility index (Phi) is 1.19. The third kappa shape index (κ3) is 0.741. The Morgan fingerprint density at radius 2 is 2.10 bits per heavy atom. The fourth-order valence-corrected chi connectivity index (χ4v) is 2.78. The standard InChI is InChI=1S/C10H18/c1-4-8-6-10(8,3)9-5-7(9)2/h7-9H,4-6H2,1-3H3. The van der Waals surface area contributed by atoms with Crippen LogP contribution in [-0.4, -0.2) is 0 Å². The van der Waals surface area contributed by atoms with Crippen molar-refractivity contribution in [1.82, 2.24) is 0 Å². The summed E-state index contributed by atoms with van der Waals surface area (Å²) in [6.07, 6.45) is 4.46. The number of hydrogen-bond acceptors (Lipinski definition) is 0. The molecule has 0 amide bonds. The highest BCUT2D eigenvalue weighted by molar-refractivity contribution is 5.09. The Morgan fingerprint density at radius 3 is 2.40 bits per heavy atom. The monoisotopic (exact) mass is 138 g/mol. The van der Waals surface area contributed by atoms with E-state index in [1.807, 2.05) is 0 Å². The first kappa shape index (κ1) is 6.69. The molecule has 0 spiro atoms. The van der Waals surface area contributed by atoms with Crippen LogP contribution in [0.1, 0.15) is 40.0 Å². The molecule has 2 fully saturated rings. The van der Waals surface area contributed by atoms with E-state index < -0.39 is 0 Å². The zero-order valence-electron chi connectivity index (χ0n) is 7.35. The molecular weight excluding hydrogens is 120 g/mol. The molecule has 0 saturated heterocycles. The van der Waals surface area contributed by atoms with E-state index in [0.29, 0.717) is 0 Å². The van der Waals surface area contributed by atoms with Gasteiger partial charge >= 0.3 is 0 Å². The number of rotatable bonds is 2. The van der Waals surface area contributed by atoms with E-state index in [4.69, 9.17) is 0 Å². The van der Waals surface area contributed by atoms with Gasteiger partial charge in [-0.2, -0.15) is 0 Å². The van der Waals surface area contributed by atoms with Gasteiger partial charge in [-0.05, 0) is 36.0 Å². The zero-order chi connectivity index (χ0) is 7.35. The minimum atomic E-state index is 0.800. The average Bonchev–Trinajstić information content (AvgIpc) is 2.72. The highest BCUT2D eigenvalue weighted by Crippen LogP contribution is 2.68. The maximum Gasteiger partial charge on any atom is -0.0264 e. The van der Waals surface area contributed by atoms with Gasteiger partial charge in [0.2, 0.25) is 0 Å². The van der Waals surface area contributed by atoms with Crippen molar-refractivity contribution >= 4 is 0 Å². The van der Waals surface area contributed by atoms with Crippen LogP contribution < -0.4 is 0 Å². The first-order valence-corrected chi connectivity index (χ1v) is 4.68. The molecule has 0 aliphatic heterocycles. The Labute approximate surface area is 64.0 Å². The molecule has 2 saturated carbocycles. The maximum absolute atomic E-state index is 2.50. The van der Waals surface area contributed by atoms with Crippen LogP contribution in [0.15, 0.2) is 0 Å². The molecule has 0 radical (unpaired) electrons. The predicted molar refractivity (Wildman–Crippen MR) is 43.8 cm³/mol. The second-order valence-electron chi connectivity index (χ2n) is 4.63. The molecule has 0 heterocycles. The lowest BCUT2D eigenvalue weighted by Crippen LogP contribution is -2.01. The second kappa shape index (κ2) is 1.78. The Morgan fingerprint density at radius 1 is 1.50 bits per heavy atom. The second-order valence-corrected chi connectivity index (χ2v) is 4.63. The summed E-state index contributed by atoms with van der Waals surface area (Å²) in [7, 11) is 0. The molecule has 0 nitrogen and oxygen atoms in total. The van der Waals surface area contributed by atoms with Crippen molar-refractivity contribution in [3.63, 3.8) is 0 Å². The van der Waals surface area contributed by atoms with E-state index in [2.05, 4.69) is 20.8 Å². The topological polar surface area (TPSA) is 0 Å². The third-order valence-corrected chi connectivity index (χ3v) is 3.91. The van der Waals surface area contributed by atoms with E-state index in [0.717, 1.165) is 23.2 Å². The molecule has 0 aromatic heterocycles. The predicted octanol–water partition coefficient (Wildman–Crippen LogP) is 3.08. The van der Waals surface area contributed by atoms with E-state index in [9.17, 15) is 0 Å². The average molecular weight is 138 g/mol. The van der Waals surface area contributed by atoms with Gasteiger partial charge in [-0.1, -0.05) is 27.2 Å². The molecule has 2 aliphatic rings. The summed E-state index contributed by atoms with van der Waals surface area (Å²) < 4.78 is 0. The first-order chi connectivity index (χ1) is 4.68. The van der Waals surface area contributed by atoms with Crippen molar-refractivity contribution in [2.24, 2.45) is 23.2 Å². The highest BCUT2D eigenvalue weighted by atomic mass is 14.6. The number of hydrogen-bond donors (Lipinski definition) is 0. The fourth-order valence-electron chi connectivity index (χ4n) is 2.78. The van der Waals surface area contributed by atoms with Crippen LogP contribution in [0.25, 0.3) is 0 Å². The molecule has 4 atom stereocenters. The molecule has 10 heavy (non-hydrogen) atoms. The van der Waals surface area contributed by atoms with Gasteiger partial charge in [0.15, 0.2) is 0 Å². The van der Waals surface area contributed by atoms with E-state index >= 15 is 0 Å². The van der Waals surface area contributed by atoms with Crippen LogP contribution >= 0.6 is 0 Å². The molecule has 4 unspecified atom stereocenters. The van der Waals surface area contributed by atoms with Crippen molar-refractivity contribution in [2.75, 3.05) is 0 Å². The molecule has 0 N–H and O–H groups in total. The van der Waals surface area contributed by atoms with E-state index in [1.165, 1.54) is 19.3 Å². The fraction of sp³-hybridized carbons (Fsp3) is 1.00. The van der Waals surface area contributed by atoms with Gasteiger partial charge in [0.25, 0.3) is 0 Å². The summed E-state index contributed by atoms with van der Waals surface area (Å²) in [6, 6.07) is 0. The van der Waals surface area contributed by atoms with Crippen LogP contribution in [-0.2, 0) is 0 Å². The van der Waals surface area contributed by atoms with Gasteiger partial charge in [-0.25, -0.2) is 0 Å². The van der Waals surface area contributed by atoms with Gasteiger partial charge in [0, 0.05) is 0 Å². The van der Waals surface area contributed by atoms with Crippen molar-refractivity contribution in [2.45, 2.75) is 40.0 Å². The zero-order valence-corrected chi connectivity index (χ0v) is 7.35. The summed E-state index contributed by atoms with van der Waals surface area (Å²) in [6.45, 7) is 7.24. The maximum atomic E-state index is 2.50. The molecule has 0 heteroatoms. The minimum Gasteiger partial charge on any atom is -0.0651 e. The molecule has 0 aromatic rings. The van der Waals surface area contributed by atoms with Gasteiger partial charge in [0.05, 0.1) is 0 Å². The largest absolute Gasteiger partial charge is 0.0651 e. The van der Waals surface area contributed by atoms with Gasteiger partial charge in [0.1, 0.15) is 0 Å². The normalized spacial score (nSPS) is 58.5. The summed E-state index contributed by atoms with van der Waals surface area (Å²) in [5.41, 5.74) is 0.800. The Hall–Kier alpha value is 0. The van der Waals surface area contributed by atoms with Crippen LogP contribution in [0.4, 0.5) is 0 Å². The van der Waals surface area contributed by atoms with Crippen LogP contribution in [0.3, 0.4) is 0 Å². The van der Waals surface area contributed by atoms with Crippen molar-refractivity contribution < 1.29 is 0 Å². The van der Waals surface area contributed by atoms with Crippen LogP contribution in [0.2, 0.25) is 0 Å². The lowest BCUT2D eigenvalue weighted by molar-refractivity contribution is 0.410. The van der Waals surface area contributed by atoms with E-state index in [1.54, 1.807) is 0 Å². The Balaban J connectivity index is 1.94. The van der Waals surface area contributed by atoms with Crippen molar-refractivity contribution in [1.29, 1.82) is 0 Å².